The largest absolute Gasteiger partial charge is 0.327 e. The summed E-state index contributed by atoms with van der Waals surface area (Å²) in [5.41, 5.74) is 9.76. The van der Waals surface area contributed by atoms with E-state index in [-0.39, 0.29) is 18.4 Å². The number of rotatable bonds is 1. The van der Waals surface area contributed by atoms with E-state index in [9.17, 15) is 0 Å². The lowest BCUT2D eigenvalue weighted by Gasteiger charge is -2.04. The molecule has 0 fully saturated rings. The number of aromatic nitrogens is 3. The summed E-state index contributed by atoms with van der Waals surface area (Å²) in [6, 6.07) is 6.69. The molecule has 3 rings (SSSR count). The molecule has 0 bridgehead atoms. The standard InChI is InChI=1S/C11H12N4.ClH/c12-10-3-8-1-2-11(5-9(8)4-10)15-6-13-14-7-15;/h1-2,5-7,10H,3-4,12H2;1H. The molecule has 1 unspecified atom stereocenters. The van der Waals surface area contributed by atoms with Crippen LogP contribution in [0.2, 0.25) is 0 Å². The third-order valence-electron chi connectivity index (χ3n) is 2.87. The predicted molar refractivity (Wildman–Crippen MR) is 64.0 cm³/mol. The van der Waals surface area contributed by atoms with E-state index >= 15 is 0 Å². The van der Waals surface area contributed by atoms with Gasteiger partial charge in [0.25, 0.3) is 0 Å². The maximum Gasteiger partial charge on any atom is 0.123 e. The summed E-state index contributed by atoms with van der Waals surface area (Å²) in [5, 5.41) is 7.59. The van der Waals surface area contributed by atoms with E-state index in [0.717, 1.165) is 18.5 Å². The summed E-state index contributed by atoms with van der Waals surface area (Å²) < 4.78 is 1.91. The van der Waals surface area contributed by atoms with Gasteiger partial charge in [-0.15, -0.1) is 22.6 Å². The molecule has 0 amide bonds. The topological polar surface area (TPSA) is 56.7 Å². The van der Waals surface area contributed by atoms with Gasteiger partial charge in [0.1, 0.15) is 12.7 Å². The summed E-state index contributed by atoms with van der Waals surface area (Å²) >= 11 is 0. The molecule has 84 valence electrons. The Balaban J connectivity index is 0.000000963. The lowest BCUT2D eigenvalue weighted by atomic mass is 10.1. The highest BCUT2D eigenvalue weighted by molar-refractivity contribution is 5.85. The summed E-state index contributed by atoms with van der Waals surface area (Å²) in [4.78, 5) is 0. The van der Waals surface area contributed by atoms with Gasteiger partial charge in [-0.25, -0.2) is 0 Å². The lowest BCUT2D eigenvalue weighted by Crippen LogP contribution is -2.18. The van der Waals surface area contributed by atoms with E-state index in [1.165, 1.54) is 11.1 Å². The van der Waals surface area contributed by atoms with Crippen LogP contribution in [0.4, 0.5) is 0 Å². The fourth-order valence-electron chi connectivity index (χ4n) is 2.13. The number of hydrogen-bond donors (Lipinski definition) is 1. The molecule has 0 spiro atoms. The van der Waals surface area contributed by atoms with Crippen molar-refractivity contribution in [1.29, 1.82) is 0 Å². The summed E-state index contributed by atoms with van der Waals surface area (Å²) in [5.74, 6) is 0. The third-order valence-corrected chi connectivity index (χ3v) is 2.87. The van der Waals surface area contributed by atoms with Gasteiger partial charge in [-0.3, -0.25) is 4.57 Å². The Morgan fingerprint density at radius 3 is 2.56 bits per heavy atom. The number of halogens is 1. The van der Waals surface area contributed by atoms with Crippen molar-refractivity contribution in [1.82, 2.24) is 14.8 Å². The van der Waals surface area contributed by atoms with Crippen LogP contribution in [0, 0.1) is 0 Å². The molecule has 1 atom stereocenters. The Hall–Kier alpha value is -1.39. The molecule has 1 heterocycles. The first-order valence-electron chi connectivity index (χ1n) is 5.05. The number of hydrogen-bond acceptors (Lipinski definition) is 3. The number of nitrogens with zero attached hydrogens (tertiary/aromatic N) is 3. The maximum atomic E-state index is 5.92. The number of nitrogens with two attached hydrogens (primary N) is 1. The van der Waals surface area contributed by atoms with E-state index in [2.05, 4.69) is 28.4 Å². The molecule has 16 heavy (non-hydrogen) atoms. The molecule has 1 aromatic heterocycles. The van der Waals surface area contributed by atoms with Crippen LogP contribution in [-0.4, -0.2) is 20.8 Å². The molecule has 0 saturated heterocycles. The van der Waals surface area contributed by atoms with Gasteiger partial charge in [-0.1, -0.05) is 6.07 Å². The quantitative estimate of drug-likeness (QED) is 0.807. The minimum Gasteiger partial charge on any atom is -0.327 e. The van der Waals surface area contributed by atoms with Crippen LogP contribution in [0.25, 0.3) is 5.69 Å². The Labute approximate surface area is 99.9 Å². The Bertz CT molecular complexity index is 481. The molecular formula is C11H13ClN4. The Kier molecular flexibility index (Phi) is 2.94. The first-order valence-corrected chi connectivity index (χ1v) is 5.05. The van der Waals surface area contributed by atoms with Gasteiger partial charge in [0, 0.05) is 11.7 Å². The molecule has 2 N–H and O–H groups in total. The zero-order valence-electron chi connectivity index (χ0n) is 8.71. The minimum atomic E-state index is 0. The van der Waals surface area contributed by atoms with Crippen molar-refractivity contribution in [3.63, 3.8) is 0 Å². The second-order valence-electron chi connectivity index (χ2n) is 3.99. The highest BCUT2D eigenvalue weighted by Crippen LogP contribution is 2.23. The normalized spacial score (nSPS) is 17.9. The molecule has 2 aromatic rings. The second kappa shape index (κ2) is 4.23. The molecule has 0 saturated carbocycles. The zero-order valence-corrected chi connectivity index (χ0v) is 9.52. The van der Waals surface area contributed by atoms with Gasteiger partial charge in [0.2, 0.25) is 0 Å². The van der Waals surface area contributed by atoms with Crippen molar-refractivity contribution in [3.05, 3.63) is 42.0 Å². The fourth-order valence-corrected chi connectivity index (χ4v) is 2.13. The van der Waals surface area contributed by atoms with E-state index < -0.39 is 0 Å². The van der Waals surface area contributed by atoms with Crippen LogP contribution in [0.5, 0.6) is 0 Å². The van der Waals surface area contributed by atoms with Gasteiger partial charge < -0.3 is 5.73 Å². The van der Waals surface area contributed by atoms with Crippen molar-refractivity contribution in [2.24, 2.45) is 5.73 Å². The Morgan fingerprint density at radius 1 is 1.12 bits per heavy atom. The maximum absolute atomic E-state index is 5.92. The molecule has 1 aliphatic carbocycles. The Morgan fingerprint density at radius 2 is 1.81 bits per heavy atom. The van der Waals surface area contributed by atoms with Crippen molar-refractivity contribution >= 4 is 12.4 Å². The number of fused-ring (bicyclic) bond motifs is 1. The number of benzene rings is 1. The van der Waals surface area contributed by atoms with Gasteiger partial charge in [0.05, 0.1) is 0 Å². The zero-order chi connectivity index (χ0) is 10.3. The molecular weight excluding hydrogens is 224 g/mol. The predicted octanol–water partition coefficient (Wildman–Crippen LogP) is 1.12. The van der Waals surface area contributed by atoms with Gasteiger partial charge in [-0.05, 0) is 36.1 Å². The average molecular weight is 237 g/mol. The van der Waals surface area contributed by atoms with Gasteiger partial charge in [-0.2, -0.15) is 0 Å². The molecule has 0 radical (unpaired) electrons. The molecule has 1 aromatic carbocycles. The first-order chi connectivity index (χ1) is 7.33. The van der Waals surface area contributed by atoms with E-state index in [1.54, 1.807) is 12.7 Å². The van der Waals surface area contributed by atoms with Crippen molar-refractivity contribution in [3.8, 4) is 5.69 Å². The first kappa shape index (κ1) is 11.1. The highest BCUT2D eigenvalue weighted by atomic mass is 35.5. The van der Waals surface area contributed by atoms with Crippen molar-refractivity contribution in [2.45, 2.75) is 18.9 Å². The highest BCUT2D eigenvalue weighted by Gasteiger charge is 2.18. The van der Waals surface area contributed by atoms with Crippen molar-refractivity contribution in [2.75, 3.05) is 0 Å². The van der Waals surface area contributed by atoms with Crippen LogP contribution in [0.15, 0.2) is 30.9 Å². The molecule has 1 aliphatic rings. The van der Waals surface area contributed by atoms with Crippen LogP contribution in [0.1, 0.15) is 11.1 Å². The van der Waals surface area contributed by atoms with E-state index in [1.807, 2.05) is 4.57 Å². The van der Waals surface area contributed by atoms with Crippen LogP contribution >= 0.6 is 12.4 Å². The smallest absolute Gasteiger partial charge is 0.123 e. The lowest BCUT2D eigenvalue weighted by molar-refractivity contribution is 0.721. The van der Waals surface area contributed by atoms with E-state index in [0.29, 0.717) is 0 Å². The van der Waals surface area contributed by atoms with Crippen LogP contribution in [-0.2, 0) is 12.8 Å². The average Bonchev–Trinajstić information content (AvgIpc) is 2.82. The van der Waals surface area contributed by atoms with Gasteiger partial charge in [0.15, 0.2) is 0 Å². The molecule has 0 aliphatic heterocycles. The summed E-state index contributed by atoms with van der Waals surface area (Å²) in [6.07, 6.45) is 5.39. The molecule has 4 nitrogen and oxygen atoms in total. The fraction of sp³-hybridized carbons (Fsp3) is 0.273. The van der Waals surface area contributed by atoms with Crippen LogP contribution < -0.4 is 5.73 Å². The minimum absolute atomic E-state index is 0. The van der Waals surface area contributed by atoms with Crippen molar-refractivity contribution < 1.29 is 0 Å². The third kappa shape index (κ3) is 1.81. The SMILES string of the molecule is Cl.NC1Cc2ccc(-n3cnnc3)cc2C1. The van der Waals surface area contributed by atoms with Gasteiger partial charge >= 0.3 is 0 Å². The second-order valence-corrected chi connectivity index (χ2v) is 3.99. The monoisotopic (exact) mass is 236 g/mol. The summed E-state index contributed by atoms with van der Waals surface area (Å²) in [7, 11) is 0. The summed E-state index contributed by atoms with van der Waals surface area (Å²) in [6.45, 7) is 0. The van der Waals surface area contributed by atoms with E-state index in [4.69, 9.17) is 5.73 Å². The molecule has 5 heteroatoms. The van der Waals surface area contributed by atoms with Crippen LogP contribution in [0.3, 0.4) is 0 Å².